The van der Waals surface area contributed by atoms with Gasteiger partial charge in [0, 0.05) is 12.0 Å². The van der Waals surface area contributed by atoms with Gasteiger partial charge in [0.2, 0.25) is 6.29 Å². The standard InChI is InChI=1S/C56H104O16S/c1-7-9-11-13-15-17-19-21-23-24-26-28-30-32-34-41(3)36-42(4)37-43(5)38-44(6)54(63)68-51-49(61)46(40-58)66-56(69-55-52(70-73-72-71-64)50(62)48(60)45(39-57)65-55)53(51)67-47(59)35-33-31-29-27-25-22-20-18-16-14-12-10-8-2/h38,41-43,45-46,48-53,55-58,60-62,64H,7-37,39-40H2,1-6H3/b44-38+/t41-,42-,43-,45?,46?,48?,49?,50?,51?,52?,53?,55?,56?/m0/s1. The summed E-state index contributed by atoms with van der Waals surface area (Å²) in [5.41, 5.74) is 0.277. The molecule has 0 spiro atoms. The molecule has 0 radical (unpaired) electrons. The molecule has 2 heterocycles. The van der Waals surface area contributed by atoms with Crippen LogP contribution in [-0.2, 0) is 46.8 Å². The van der Waals surface area contributed by atoms with Crippen molar-refractivity contribution >= 4 is 24.3 Å². The molecule has 0 saturated carbocycles. The molecule has 0 aliphatic carbocycles. The van der Waals surface area contributed by atoms with Gasteiger partial charge in [-0.2, -0.15) is 0 Å². The Labute approximate surface area is 445 Å². The number of unbranched alkanes of at least 4 members (excludes halogenated alkanes) is 25. The van der Waals surface area contributed by atoms with Crippen LogP contribution in [-0.4, -0.2) is 117 Å². The van der Waals surface area contributed by atoms with Crippen LogP contribution in [0.15, 0.2) is 11.6 Å². The van der Waals surface area contributed by atoms with Crippen LogP contribution >= 0.6 is 12.3 Å². The number of hydrogen-bond acceptors (Lipinski definition) is 17. The summed E-state index contributed by atoms with van der Waals surface area (Å²) in [6.45, 7) is 11.2. The fraction of sp³-hybridized carbons (Fsp3) is 0.929. The Bertz CT molecular complexity index is 1390. The third-order valence-corrected chi connectivity index (χ3v) is 15.0. The molecule has 2 rings (SSSR count). The van der Waals surface area contributed by atoms with Gasteiger partial charge >= 0.3 is 11.9 Å². The highest BCUT2D eigenvalue weighted by Crippen LogP contribution is 2.34. The van der Waals surface area contributed by atoms with Gasteiger partial charge in [-0.05, 0) is 43.9 Å². The van der Waals surface area contributed by atoms with Crippen molar-refractivity contribution in [1.29, 1.82) is 0 Å². The molecule has 430 valence electrons. The van der Waals surface area contributed by atoms with E-state index in [0.717, 1.165) is 38.5 Å². The van der Waals surface area contributed by atoms with Gasteiger partial charge in [0.15, 0.2) is 36.9 Å². The molecule has 13 atom stereocenters. The summed E-state index contributed by atoms with van der Waals surface area (Å²) in [5.74, 6) is -0.438. The zero-order valence-corrected chi connectivity index (χ0v) is 46.9. The van der Waals surface area contributed by atoms with Crippen molar-refractivity contribution in [2.45, 2.75) is 302 Å². The topological polar surface area (TPSA) is 229 Å². The van der Waals surface area contributed by atoms with E-state index >= 15 is 0 Å². The number of ether oxygens (including phenoxy) is 5. The highest BCUT2D eigenvalue weighted by atomic mass is 32.2. The molecule has 16 nitrogen and oxygen atoms in total. The van der Waals surface area contributed by atoms with Crippen LogP contribution in [0.4, 0.5) is 0 Å². The molecule has 10 unspecified atom stereocenters. The largest absolute Gasteiger partial charge is 0.453 e. The van der Waals surface area contributed by atoms with Gasteiger partial charge in [0.1, 0.15) is 30.5 Å². The number of esters is 2. The number of rotatable bonds is 45. The number of carbonyl (C=O) groups is 2. The van der Waals surface area contributed by atoms with Gasteiger partial charge in [-0.25, -0.2) is 10.1 Å². The smallest absolute Gasteiger partial charge is 0.333 e. The highest BCUT2D eigenvalue weighted by molar-refractivity contribution is 7.89. The predicted octanol–water partition coefficient (Wildman–Crippen LogP) is 11.7. The minimum absolute atomic E-state index is 0.00610. The molecule has 0 aromatic heterocycles. The normalized spacial score (nSPS) is 25.9. The average Bonchev–Trinajstić information content (AvgIpc) is 3.36. The lowest BCUT2D eigenvalue weighted by Crippen LogP contribution is -2.65. The molecule has 0 bridgehead atoms. The van der Waals surface area contributed by atoms with Crippen molar-refractivity contribution in [3.63, 3.8) is 0 Å². The lowest BCUT2D eigenvalue weighted by atomic mass is 9.86. The Balaban J connectivity index is 2.05. The van der Waals surface area contributed by atoms with E-state index in [-0.39, 0.29) is 30.2 Å². The molecule has 2 aliphatic rings. The van der Waals surface area contributed by atoms with Gasteiger partial charge in [0.05, 0.1) is 13.2 Å². The van der Waals surface area contributed by atoms with Crippen molar-refractivity contribution < 1.29 is 77.6 Å². The monoisotopic (exact) mass is 1060 g/mol. The lowest BCUT2D eigenvalue weighted by Gasteiger charge is -2.46. The second kappa shape index (κ2) is 42.6. The van der Waals surface area contributed by atoms with Crippen LogP contribution in [0, 0.1) is 17.8 Å². The SMILES string of the molecule is CCCCCCCCCCCCCCCC[C@H](C)C[C@H](C)C[C@H](C)/C=C(\C)C(=O)OC1C(O)C(CO)OC(OC2OC(CO)C(O)C(O)C2OSOOO)C1OC(=O)CCCCCCCCCCCCCCC. The Kier molecular flexibility index (Phi) is 39.4. The second-order valence-corrected chi connectivity index (χ2v) is 22.0. The Morgan fingerprint density at radius 2 is 1.01 bits per heavy atom. The predicted molar refractivity (Wildman–Crippen MR) is 283 cm³/mol. The van der Waals surface area contributed by atoms with E-state index in [4.69, 9.17) is 33.1 Å². The summed E-state index contributed by atoms with van der Waals surface area (Å²) in [5, 5.41) is 65.6. The molecule has 2 aliphatic heterocycles. The van der Waals surface area contributed by atoms with E-state index in [2.05, 4.69) is 37.1 Å². The second-order valence-electron chi connectivity index (χ2n) is 21.5. The molecule has 0 aromatic rings. The summed E-state index contributed by atoms with van der Waals surface area (Å²) in [7, 11) is 0. The van der Waals surface area contributed by atoms with Gasteiger partial charge in [-0.15, -0.1) is 4.33 Å². The van der Waals surface area contributed by atoms with E-state index in [1.807, 2.05) is 13.0 Å². The molecule has 0 amide bonds. The lowest BCUT2D eigenvalue weighted by molar-refractivity contribution is -0.435. The first-order valence-corrected chi connectivity index (χ1v) is 29.6. The number of aliphatic hydroxyl groups is 5. The molecule has 6 N–H and O–H groups in total. The molecular formula is C56H104O16S. The molecule has 2 saturated heterocycles. The fourth-order valence-electron chi connectivity index (χ4n) is 10.4. The van der Waals surface area contributed by atoms with E-state index in [1.54, 1.807) is 6.92 Å². The van der Waals surface area contributed by atoms with Crippen LogP contribution in [0.1, 0.15) is 241 Å². The van der Waals surface area contributed by atoms with Crippen LogP contribution in [0.2, 0.25) is 0 Å². The van der Waals surface area contributed by atoms with Gasteiger partial charge in [0.25, 0.3) is 0 Å². The first kappa shape index (κ1) is 67.7. The quantitative estimate of drug-likeness (QED) is 0.00832. The van der Waals surface area contributed by atoms with Gasteiger partial charge < -0.3 is 49.2 Å². The first-order valence-electron chi connectivity index (χ1n) is 28.9. The zero-order valence-electron chi connectivity index (χ0n) is 46.1. The van der Waals surface area contributed by atoms with E-state index in [9.17, 15) is 35.1 Å². The third kappa shape index (κ3) is 29.2. The Morgan fingerprint density at radius 3 is 1.49 bits per heavy atom. The van der Waals surface area contributed by atoms with Crippen molar-refractivity contribution in [2.75, 3.05) is 13.2 Å². The number of carbonyl (C=O) groups excluding carboxylic acids is 2. The van der Waals surface area contributed by atoms with Crippen LogP contribution in [0.5, 0.6) is 0 Å². The van der Waals surface area contributed by atoms with Crippen LogP contribution in [0.3, 0.4) is 0 Å². The molecule has 73 heavy (non-hydrogen) atoms. The highest BCUT2D eigenvalue weighted by Gasteiger charge is 2.54. The summed E-state index contributed by atoms with van der Waals surface area (Å²) < 4.78 is 39.3. The molecular weight excluding hydrogens is 961 g/mol. The first-order chi connectivity index (χ1) is 35.3. The van der Waals surface area contributed by atoms with Crippen LogP contribution in [0.25, 0.3) is 0 Å². The third-order valence-electron chi connectivity index (χ3n) is 14.6. The fourth-order valence-corrected chi connectivity index (χ4v) is 10.7. The molecule has 2 fully saturated rings. The van der Waals surface area contributed by atoms with Crippen molar-refractivity contribution in [1.82, 2.24) is 0 Å². The number of aliphatic hydroxyl groups excluding tert-OH is 5. The summed E-state index contributed by atoms with van der Waals surface area (Å²) in [6, 6.07) is 0. The summed E-state index contributed by atoms with van der Waals surface area (Å²) in [4.78, 5) is 27.5. The Hall–Kier alpha value is -1.45. The van der Waals surface area contributed by atoms with Gasteiger partial charge in [-0.1, -0.05) is 219 Å². The van der Waals surface area contributed by atoms with E-state index in [1.165, 1.54) is 148 Å². The van der Waals surface area contributed by atoms with Crippen LogP contribution < -0.4 is 0 Å². The maximum absolute atomic E-state index is 13.9. The van der Waals surface area contributed by atoms with Gasteiger partial charge in [-0.3, -0.25) is 8.98 Å². The van der Waals surface area contributed by atoms with Crippen molar-refractivity contribution in [3.8, 4) is 0 Å². The summed E-state index contributed by atoms with van der Waals surface area (Å²) in [6.07, 6.45) is 22.2. The average molecular weight is 1070 g/mol. The Morgan fingerprint density at radius 1 is 0.562 bits per heavy atom. The maximum Gasteiger partial charge on any atom is 0.333 e. The molecule has 0 aromatic carbocycles. The molecule has 17 heteroatoms. The minimum Gasteiger partial charge on any atom is -0.453 e. The number of hydrogen-bond donors (Lipinski definition) is 6. The minimum atomic E-state index is -1.77. The van der Waals surface area contributed by atoms with Crippen molar-refractivity contribution in [3.05, 3.63) is 11.6 Å². The number of allylic oxidation sites excluding steroid dienone is 1. The van der Waals surface area contributed by atoms with E-state index in [0.29, 0.717) is 18.3 Å². The maximum atomic E-state index is 13.9. The van der Waals surface area contributed by atoms with E-state index < -0.39 is 86.6 Å². The van der Waals surface area contributed by atoms with Crippen molar-refractivity contribution in [2.24, 2.45) is 17.8 Å². The summed E-state index contributed by atoms with van der Waals surface area (Å²) >= 11 is 0.0639. The zero-order chi connectivity index (χ0) is 53.6.